The molecule has 0 aromatic carbocycles. The van der Waals surface area contributed by atoms with Gasteiger partial charge in [0.2, 0.25) is 5.91 Å². The molecule has 0 aliphatic carbocycles. The van der Waals surface area contributed by atoms with E-state index in [1.807, 2.05) is 20.8 Å². The molecule has 0 saturated carbocycles. The van der Waals surface area contributed by atoms with E-state index in [1.165, 1.54) is 0 Å². The van der Waals surface area contributed by atoms with Crippen molar-refractivity contribution in [2.75, 3.05) is 25.6 Å². The number of carbonyl (C=O) groups excluding carboxylic acids is 1. The van der Waals surface area contributed by atoms with Crippen molar-refractivity contribution >= 4 is 17.5 Å². The van der Waals surface area contributed by atoms with Crippen LogP contribution in [-0.4, -0.2) is 31.5 Å². The molecule has 13 heavy (non-hydrogen) atoms. The van der Waals surface area contributed by atoms with Gasteiger partial charge in [-0.1, -0.05) is 20.8 Å². The summed E-state index contributed by atoms with van der Waals surface area (Å²) in [6.45, 7) is 7.24. The lowest BCUT2D eigenvalue weighted by Crippen LogP contribution is -2.36. The lowest BCUT2D eigenvalue weighted by molar-refractivity contribution is -0.128. The second kappa shape index (κ2) is 6.22. The Hall–Kier alpha value is -0.280. The highest BCUT2D eigenvalue weighted by atomic mass is 35.5. The van der Waals surface area contributed by atoms with E-state index in [9.17, 15) is 4.79 Å². The van der Waals surface area contributed by atoms with Crippen molar-refractivity contribution in [1.29, 1.82) is 0 Å². The van der Waals surface area contributed by atoms with Crippen molar-refractivity contribution in [2.24, 2.45) is 5.41 Å². The van der Waals surface area contributed by atoms with Gasteiger partial charge in [-0.25, -0.2) is 0 Å². The standard InChI is InChI=1S/C9H18ClNO2/c1-9(2,3)8(12)11-5-7-13-6-4-10/h4-7H2,1-3H3,(H,11,12). The number of rotatable bonds is 5. The van der Waals surface area contributed by atoms with Gasteiger partial charge in [0.1, 0.15) is 0 Å². The zero-order chi connectivity index (χ0) is 10.3. The number of hydrogen-bond acceptors (Lipinski definition) is 2. The summed E-state index contributed by atoms with van der Waals surface area (Å²) in [5, 5.41) is 2.77. The number of amides is 1. The largest absolute Gasteiger partial charge is 0.378 e. The zero-order valence-electron chi connectivity index (χ0n) is 8.52. The molecule has 0 aromatic heterocycles. The maximum absolute atomic E-state index is 11.3. The molecule has 0 spiro atoms. The SMILES string of the molecule is CC(C)(C)C(=O)NCCOCCCl. The minimum absolute atomic E-state index is 0.0435. The summed E-state index contributed by atoms with van der Waals surface area (Å²) < 4.78 is 5.10. The molecular formula is C9H18ClNO2. The van der Waals surface area contributed by atoms with Gasteiger partial charge in [0, 0.05) is 17.8 Å². The van der Waals surface area contributed by atoms with Crippen molar-refractivity contribution < 1.29 is 9.53 Å². The summed E-state index contributed by atoms with van der Waals surface area (Å²) >= 11 is 5.40. The number of carbonyl (C=O) groups is 1. The van der Waals surface area contributed by atoms with Gasteiger partial charge in [0.15, 0.2) is 0 Å². The molecule has 0 radical (unpaired) electrons. The summed E-state index contributed by atoms with van der Waals surface area (Å²) in [4.78, 5) is 11.3. The molecular weight excluding hydrogens is 190 g/mol. The van der Waals surface area contributed by atoms with Crippen molar-refractivity contribution in [2.45, 2.75) is 20.8 Å². The van der Waals surface area contributed by atoms with E-state index >= 15 is 0 Å². The molecule has 0 atom stereocenters. The fraction of sp³-hybridized carbons (Fsp3) is 0.889. The summed E-state index contributed by atoms with van der Waals surface area (Å²) in [7, 11) is 0. The van der Waals surface area contributed by atoms with Crippen molar-refractivity contribution in [3.05, 3.63) is 0 Å². The Labute approximate surface area is 84.8 Å². The number of ether oxygens (including phenoxy) is 1. The van der Waals surface area contributed by atoms with Crippen LogP contribution in [0.4, 0.5) is 0 Å². The molecule has 0 saturated heterocycles. The molecule has 0 unspecified atom stereocenters. The maximum atomic E-state index is 11.3. The number of halogens is 1. The predicted octanol–water partition coefficient (Wildman–Crippen LogP) is 1.40. The summed E-state index contributed by atoms with van der Waals surface area (Å²) in [6.07, 6.45) is 0. The van der Waals surface area contributed by atoms with Crippen LogP contribution in [0, 0.1) is 5.41 Å². The molecule has 78 valence electrons. The summed E-state index contributed by atoms with van der Waals surface area (Å²) in [6, 6.07) is 0. The Bertz CT molecular complexity index is 154. The molecule has 1 amide bonds. The normalized spacial score (nSPS) is 11.4. The Morgan fingerprint density at radius 2 is 2.00 bits per heavy atom. The first-order valence-corrected chi connectivity index (χ1v) is 4.94. The zero-order valence-corrected chi connectivity index (χ0v) is 9.28. The van der Waals surface area contributed by atoms with Crippen LogP contribution in [0.5, 0.6) is 0 Å². The maximum Gasteiger partial charge on any atom is 0.225 e. The molecule has 0 aliphatic rings. The van der Waals surface area contributed by atoms with Gasteiger partial charge in [-0.05, 0) is 0 Å². The van der Waals surface area contributed by atoms with E-state index in [2.05, 4.69) is 5.32 Å². The van der Waals surface area contributed by atoms with E-state index in [-0.39, 0.29) is 11.3 Å². The summed E-state index contributed by atoms with van der Waals surface area (Å²) in [5.74, 6) is 0.537. The van der Waals surface area contributed by atoms with E-state index in [0.29, 0.717) is 25.6 Å². The molecule has 0 aromatic rings. The number of nitrogens with one attached hydrogen (secondary N) is 1. The van der Waals surface area contributed by atoms with Crippen LogP contribution in [0.2, 0.25) is 0 Å². The van der Waals surface area contributed by atoms with Crippen molar-refractivity contribution in [3.8, 4) is 0 Å². The van der Waals surface area contributed by atoms with Crippen LogP contribution in [0.25, 0.3) is 0 Å². The highest BCUT2D eigenvalue weighted by molar-refractivity contribution is 6.17. The molecule has 0 fully saturated rings. The van der Waals surface area contributed by atoms with Gasteiger partial charge in [-0.2, -0.15) is 0 Å². The van der Waals surface area contributed by atoms with Crippen molar-refractivity contribution in [3.63, 3.8) is 0 Å². The first kappa shape index (κ1) is 12.7. The molecule has 0 rings (SSSR count). The van der Waals surface area contributed by atoms with E-state index in [0.717, 1.165) is 0 Å². The van der Waals surface area contributed by atoms with Crippen LogP contribution >= 0.6 is 11.6 Å². The average molecular weight is 208 g/mol. The second-order valence-electron chi connectivity index (χ2n) is 3.81. The van der Waals surface area contributed by atoms with E-state index < -0.39 is 0 Å². The Morgan fingerprint density at radius 1 is 1.38 bits per heavy atom. The van der Waals surface area contributed by atoms with Gasteiger partial charge in [0.05, 0.1) is 13.2 Å². The number of hydrogen-bond donors (Lipinski definition) is 1. The van der Waals surface area contributed by atoms with Gasteiger partial charge >= 0.3 is 0 Å². The Balaban J connectivity index is 3.38. The second-order valence-corrected chi connectivity index (χ2v) is 4.19. The first-order valence-electron chi connectivity index (χ1n) is 4.40. The van der Waals surface area contributed by atoms with Crippen LogP contribution in [0.3, 0.4) is 0 Å². The number of alkyl halides is 1. The van der Waals surface area contributed by atoms with Crippen LogP contribution in [-0.2, 0) is 9.53 Å². The van der Waals surface area contributed by atoms with E-state index in [1.54, 1.807) is 0 Å². The van der Waals surface area contributed by atoms with Gasteiger partial charge in [0.25, 0.3) is 0 Å². The van der Waals surface area contributed by atoms with Crippen molar-refractivity contribution in [1.82, 2.24) is 5.32 Å². The molecule has 1 N–H and O–H groups in total. The van der Waals surface area contributed by atoms with E-state index in [4.69, 9.17) is 16.3 Å². The third-order valence-corrected chi connectivity index (χ3v) is 1.59. The smallest absolute Gasteiger partial charge is 0.225 e. The van der Waals surface area contributed by atoms with Crippen LogP contribution in [0.15, 0.2) is 0 Å². The molecule has 0 heterocycles. The third kappa shape index (κ3) is 6.84. The van der Waals surface area contributed by atoms with Gasteiger partial charge in [-0.15, -0.1) is 11.6 Å². The van der Waals surface area contributed by atoms with Crippen LogP contribution < -0.4 is 5.32 Å². The highest BCUT2D eigenvalue weighted by Gasteiger charge is 2.19. The minimum Gasteiger partial charge on any atom is -0.378 e. The monoisotopic (exact) mass is 207 g/mol. The Morgan fingerprint density at radius 3 is 2.46 bits per heavy atom. The molecule has 0 aliphatic heterocycles. The lowest BCUT2D eigenvalue weighted by atomic mass is 9.96. The summed E-state index contributed by atoms with van der Waals surface area (Å²) in [5.41, 5.74) is -0.327. The molecule has 0 bridgehead atoms. The minimum atomic E-state index is -0.327. The predicted molar refractivity (Wildman–Crippen MR) is 54.0 cm³/mol. The first-order chi connectivity index (χ1) is 5.98. The van der Waals surface area contributed by atoms with Gasteiger partial charge < -0.3 is 10.1 Å². The van der Waals surface area contributed by atoms with Gasteiger partial charge in [-0.3, -0.25) is 4.79 Å². The Kier molecular flexibility index (Phi) is 6.08. The molecule has 4 heteroatoms. The molecule has 3 nitrogen and oxygen atoms in total. The van der Waals surface area contributed by atoms with Crippen LogP contribution in [0.1, 0.15) is 20.8 Å². The quantitative estimate of drug-likeness (QED) is 0.547. The fourth-order valence-electron chi connectivity index (χ4n) is 0.659. The third-order valence-electron chi connectivity index (χ3n) is 1.43. The lowest BCUT2D eigenvalue weighted by Gasteiger charge is -2.17. The highest BCUT2D eigenvalue weighted by Crippen LogP contribution is 2.11. The fourth-order valence-corrected chi connectivity index (χ4v) is 0.768. The average Bonchev–Trinajstić information content (AvgIpc) is 2.02. The topological polar surface area (TPSA) is 38.3 Å².